The summed E-state index contributed by atoms with van der Waals surface area (Å²) in [5.41, 5.74) is -0.428. The summed E-state index contributed by atoms with van der Waals surface area (Å²) in [6.07, 6.45) is -10.6. The van der Waals surface area contributed by atoms with E-state index in [4.69, 9.17) is 23.7 Å². The van der Waals surface area contributed by atoms with Crippen LogP contribution in [0.3, 0.4) is 0 Å². The van der Waals surface area contributed by atoms with E-state index in [-0.39, 0.29) is 23.7 Å². The van der Waals surface area contributed by atoms with Crippen molar-refractivity contribution < 1.29 is 64.2 Å². The Morgan fingerprint density at radius 2 is 1.72 bits per heavy atom. The SMILES string of the molecule is O=C1OC(c2ccc(O[C@@H]3O[C@H](CO[C@@H]4OC[C@](O)(CO)[C@H]4O)[C@@H](O)[C@H](O)[C@H]3O)cc2)Cc2cccc(O)c21. The van der Waals surface area contributed by atoms with Gasteiger partial charge in [-0.1, -0.05) is 24.3 Å². The lowest BCUT2D eigenvalue weighted by atomic mass is 9.94. The van der Waals surface area contributed by atoms with Crippen LogP contribution in [-0.4, -0.2) is 110 Å². The molecule has 9 atom stereocenters. The minimum Gasteiger partial charge on any atom is -0.507 e. The number of phenols is 1. The highest BCUT2D eigenvalue weighted by atomic mass is 16.7. The summed E-state index contributed by atoms with van der Waals surface area (Å²) in [7, 11) is 0. The van der Waals surface area contributed by atoms with Gasteiger partial charge < -0.3 is 59.4 Å². The third kappa shape index (κ3) is 5.33. The molecule has 2 aromatic rings. The Morgan fingerprint density at radius 1 is 0.974 bits per heavy atom. The molecule has 13 nitrogen and oxygen atoms in total. The van der Waals surface area contributed by atoms with Crippen LogP contribution in [0.1, 0.15) is 27.6 Å². The molecule has 3 aliphatic heterocycles. The molecule has 0 amide bonds. The number of hydrogen-bond donors (Lipinski definition) is 7. The van der Waals surface area contributed by atoms with Crippen LogP contribution in [0.15, 0.2) is 42.5 Å². The van der Waals surface area contributed by atoms with Crippen molar-refractivity contribution in [1.82, 2.24) is 0 Å². The Hall–Kier alpha value is -2.85. The predicted octanol–water partition coefficient (Wildman–Crippen LogP) is -1.51. The second-order valence-electron chi connectivity index (χ2n) is 9.83. The van der Waals surface area contributed by atoms with Crippen LogP contribution < -0.4 is 4.74 Å². The molecule has 0 bridgehead atoms. The Morgan fingerprint density at radius 3 is 2.41 bits per heavy atom. The maximum Gasteiger partial charge on any atom is 0.342 e. The van der Waals surface area contributed by atoms with Crippen LogP contribution in [0.4, 0.5) is 0 Å². The fourth-order valence-corrected chi connectivity index (χ4v) is 4.78. The highest BCUT2D eigenvalue weighted by Crippen LogP contribution is 2.35. The number of hydrogen-bond acceptors (Lipinski definition) is 13. The summed E-state index contributed by atoms with van der Waals surface area (Å²) in [6.45, 7) is -1.53. The Balaban J connectivity index is 1.21. The van der Waals surface area contributed by atoms with Crippen LogP contribution in [0.25, 0.3) is 0 Å². The van der Waals surface area contributed by atoms with E-state index in [0.717, 1.165) is 0 Å². The third-order valence-electron chi connectivity index (χ3n) is 7.16. The Bertz CT molecular complexity index is 1170. The quantitative estimate of drug-likeness (QED) is 0.196. The number of phenolic OH excluding ortho intramolecular Hbond substituents is 1. The smallest absolute Gasteiger partial charge is 0.342 e. The molecular formula is C26H30O13. The normalized spacial score (nSPS) is 36.3. The number of ether oxygens (including phenoxy) is 5. The monoisotopic (exact) mass is 550 g/mol. The molecule has 212 valence electrons. The highest BCUT2D eigenvalue weighted by Gasteiger charge is 2.50. The van der Waals surface area contributed by atoms with Crippen molar-refractivity contribution in [3.63, 3.8) is 0 Å². The second-order valence-corrected chi connectivity index (χ2v) is 9.83. The van der Waals surface area contributed by atoms with E-state index >= 15 is 0 Å². The van der Waals surface area contributed by atoms with E-state index in [2.05, 4.69) is 0 Å². The lowest BCUT2D eigenvalue weighted by molar-refractivity contribution is -0.289. The van der Waals surface area contributed by atoms with Gasteiger partial charge in [-0.05, 0) is 29.3 Å². The maximum absolute atomic E-state index is 12.4. The molecule has 39 heavy (non-hydrogen) atoms. The summed E-state index contributed by atoms with van der Waals surface area (Å²) in [6, 6.07) is 11.2. The lowest BCUT2D eigenvalue weighted by Crippen LogP contribution is -2.60. The van der Waals surface area contributed by atoms with Gasteiger partial charge in [-0.25, -0.2) is 4.79 Å². The number of aliphatic hydroxyl groups is 6. The number of esters is 1. The maximum atomic E-state index is 12.4. The fraction of sp³-hybridized carbons (Fsp3) is 0.500. The van der Waals surface area contributed by atoms with Gasteiger partial charge in [0.05, 0.1) is 19.8 Å². The Labute approximate surface area is 222 Å². The minimum atomic E-state index is -1.90. The molecule has 0 aliphatic carbocycles. The van der Waals surface area contributed by atoms with Crippen molar-refractivity contribution in [3.05, 3.63) is 59.2 Å². The number of benzene rings is 2. The van der Waals surface area contributed by atoms with Crippen LogP contribution in [0, 0.1) is 0 Å². The van der Waals surface area contributed by atoms with E-state index in [9.17, 15) is 40.5 Å². The minimum absolute atomic E-state index is 0.139. The first-order valence-corrected chi connectivity index (χ1v) is 12.3. The van der Waals surface area contributed by atoms with E-state index in [1.165, 1.54) is 6.07 Å². The third-order valence-corrected chi connectivity index (χ3v) is 7.16. The number of rotatable bonds is 7. The summed E-state index contributed by atoms with van der Waals surface area (Å²) in [5.74, 6) is -0.523. The molecule has 0 radical (unpaired) electrons. The number of cyclic esters (lactones) is 1. The van der Waals surface area contributed by atoms with Gasteiger partial charge in [0.25, 0.3) is 0 Å². The van der Waals surface area contributed by atoms with Crippen molar-refractivity contribution >= 4 is 5.97 Å². The van der Waals surface area contributed by atoms with E-state index in [1.54, 1.807) is 36.4 Å². The molecule has 0 aromatic heterocycles. The molecule has 0 saturated carbocycles. The number of carbonyl (C=O) groups is 1. The molecule has 2 aromatic carbocycles. The number of carbonyl (C=O) groups excluding carboxylic acids is 1. The molecule has 13 heteroatoms. The van der Waals surface area contributed by atoms with Crippen LogP contribution in [0.5, 0.6) is 11.5 Å². The van der Waals surface area contributed by atoms with Crippen molar-refractivity contribution in [2.45, 2.75) is 61.2 Å². The van der Waals surface area contributed by atoms with Crippen molar-refractivity contribution in [2.75, 3.05) is 19.8 Å². The Kier molecular flexibility index (Phi) is 7.79. The first-order chi connectivity index (χ1) is 18.6. The van der Waals surface area contributed by atoms with E-state index in [1.807, 2.05) is 0 Å². The van der Waals surface area contributed by atoms with Gasteiger partial charge in [0, 0.05) is 6.42 Å². The van der Waals surface area contributed by atoms with Gasteiger partial charge in [-0.2, -0.15) is 0 Å². The van der Waals surface area contributed by atoms with Crippen LogP contribution >= 0.6 is 0 Å². The second kappa shape index (κ2) is 11.0. The van der Waals surface area contributed by atoms with Crippen LogP contribution in [-0.2, 0) is 25.4 Å². The number of aliphatic hydroxyl groups excluding tert-OH is 5. The van der Waals surface area contributed by atoms with Gasteiger partial charge in [0.2, 0.25) is 6.29 Å². The first kappa shape index (κ1) is 27.7. The van der Waals surface area contributed by atoms with Gasteiger partial charge in [0.1, 0.15) is 59.3 Å². The summed E-state index contributed by atoms with van der Waals surface area (Å²) in [5, 5.41) is 70.5. The van der Waals surface area contributed by atoms with Gasteiger partial charge in [0.15, 0.2) is 6.29 Å². The molecule has 1 unspecified atom stereocenters. The highest BCUT2D eigenvalue weighted by molar-refractivity contribution is 5.95. The summed E-state index contributed by atoms with van der Waals surface area (Å²) < 4.78 is 27.4. The zero-order valence-electron chi connectivity index (χ0n) is 20.6. The molecule has 5 rings (SSSR count). The first-order valence-electron chi connectivity index (χ1n) is 12.3. The molecule has 2 saturated heterocycles. The molecular weight excluding hydrogens is 520 g/mol. The van der Waals surface area contributed by atoms with Crippen LogP contribution in [0.2, 0.25) is 0 Å². The zero-order valence-corrected chi connectivity index (χ0v) is 20.6. The lowest BCUT2D eigenvalue weighted by Gasteiger charge is -2.40. The van der Waals surface area contributed by atoms with E-state index < -0.39 is 74.0 Å². The van der Waals surface area contributed by atoms with Crippen molar-refractivity contribution in [2.24, 2.45) is 0 Å². The topological polar surface area (TPSA) is 205 Å². The van der Waals surface area contributed by atoms with Crippen molar-refractivity contribution in [3.8, 4) is 11.5 Å². The molecule has 7 N–H and O–H groups in total. The van der Waals surface area contributed by atoms with Gasteiger partial charge in [-0.15, -0.1) is 0 Å². The van der Waals surface area contributed by atoms with E-state index in [0.29, 0.717) is 17.5 Å². The standard InChI is InChI=1S/C26H30O13/c27-10-26(34)11-36-25(22(26)32)35-9-17-19(29)20(30)21(31)24(39-17)37-14-6-4-12(5-7-14)16-8-13-2-1-3-15(28)18(13)23(33)38-16/h1-7,16-17,19-22,24-25,27-32,34H,8-11H2/t16?,17-,19-,20+,21-,22+,24-,25-,26-/m1/s1. The fourth-order valence-electron chi connectivity index (χ4n) is 4.78. The van der Waals surface area contributed by atoms with Gasteiger partial charge in [-0.3, -0.25) is 0 Å². The summed E-state index contributed by atoms with van der Waals surface area (Å²) in [4.78, 5) is 12.4. The predicted molar refractivity (Wildman–Crippen MR) is 127 cm³/mol. The molecule has 2 fully saturated rings. The zero-order chi connectivity index (χ0) is 27.9. The van der Waals surface area contributed by atoms with Gasteiger partial charge >= 0.3 is 5.97 Å². The summed E-state index contributed by atoms with van der Waals surface area (Å²) >= 11 is 0. The molecule has 3 heterocycles. The average Bonchev–Trinajstić information content (AvgIpc) is 3.22. The number of fused-ring (bicyclic) bond motifs is 1. The molecule has 3 aliphatic rings. The van der Waals surface area contributed by atoms with Crippen molar-refractivity contribution in [1.29, 1.82) is 0 Å². The number of aromatic hydroxyl groups is 1. The molecule has 0 spiro atoms. The average molecular weight is 551 g/mol. The largest absolute Gasteiger partial charge is 0.507 e.